The van der Waals surface area contributed by atoms with Crippen LogP contribution in [0.2, 0.25) is 42.6 Å². The molecule has 4 fully saturated rings. The molecule has 0 nitrogen and oxygen atoms in total. The summed E-state index contributed by atoms with van der Waals surface area (Å²) >= 11 is 12.7. The molecule has 4 aliphatic rings. The van der Waals surface area contributed by atoms with Gasteiger partial charge in [-0.3, -0.25) is 0 Å². The summed E-state index contributed by atoms with van der Waals surface area (Å²) in [5.74, 6) is 5.96. The Morgan fingerprint density at radius 3 is 0.960 bits per heavy atom. The van der Waals surface area contributed by atoms with Gasteiger partial charge in [0.05, 0.1) is 0 Å². The van der Waals surface area contributed by atoms with Crippen molar-refractivity contribution in [2.24, 2.45) is 5.41 Å². The maximum absolute atomic E-state index is 2.23. The second-order valence-electron chi connectivity index (χ2n) is 7.38. The molecule has 0 spiro atoms. The third kappa shape index (κ3) is 9.44. The summed E-state index contributed by atoms with van der Waals surface area (Å²) in [6.07, 6.45) is 0. The molecule has 4 saturated heterocycles. The third-order valence-electron chi connectivity index (χ3n) is 4.46. The molecule has 0 N–H and O–H groups in total. The van der Waals surface area contributed by atoms with E-state index < -0.39 is 0 Å². The molecule has 0 aromatic carbocycles. The second kappa shape index (κ2) is 11.2. The summed E-state index contributed by atoms with van der Waals surface area (Å²) in [7, 11) is 0. The predicted molar refractivity (Wildman–Crippen MR) is 129 cm³/mol. The summed E-state index contributed by atoms with van der Waals surface area (Å²) < 4.78 is 0. The molecule has 0 saturated carbocycles. The van der Waals surface area contributed by atoms with Gasteiger partial charge in [-0.15, -0.1) is 0 Å². The van der Waals surface area contributed by atoms with Gasteiger partial charge in [-0.25, -0.2) is 0 Å². The zero-order valence-corrected chi connectivity index (χ0v) is 24.7. The standard InChI is InChI=1S/C17H28S4Se4/c1-13(18-1)5-22-9-17(10-23-6-14-2-19-14,11-24-7-15-3-20-15)12-25-8-16-4-21-16/h13-16H,1-12H2. The van der Waals surface area contributed by atoms with Gasteiger partial charge in [0.25, 0.3) is 0 Å². The van der Waals surface area contributed by atoms with Crippen LogP contribution in [0, 0.1) is 5.41 Å². The summed E-state index contributed by atoms with van der Waals surface area (Å²) in [5.41, 5.74) is 0.832. The Labute approximate surface area is 196 Å². The molecule has 0 aromatic heterocycles. The van der Waals surface area contributed by atoms with Crippen molar-refractivity contribution in [2.75, 3.05) is 23.0 Å². The van der Waals surface area contributed by atoms with E-state index in [9.17, 15) is 0 Å². The van der Waals surface area contributed by atoms with Crippen LogP contribution in [0.15, 0.2) is 0 Å². The molecular weight excluding hydrogens is 648 g/mol. The van der Waals surface area contributed by atoms with Crippen molar-refractivity contribution in [1.82, 2.24) is 0 Å². The minimum atomic E-state index is 0.832. The van der Waals surface area contributed by atoms with Crippen LogP contribution in [0.4, 0.5) is 0 Å². The third-order valence-corrected chi connectivity index (χ3v) is 22.5. The van der Waals surface area contributed by atoms with Gasteiger partial charge in [0.2, 0.25) is 0 Å². The van der Waals surface area contributed by atoms with Crippen molar-refractivity contribution in [2.45, 2.75) is 63.6 Å². The van der Waals surface area contributed by atoms with Crippen LogP contribution in [0.3, 0.4) is 0 Å². The van der Waals surface area contributed by atoms with Crippen molar-refractivity contribution in [3.63, 3.8) is 0 Å². The average Bonchev–Trinajstić information content (AvgIpc) is 3.44. The second-order valence-corrected chi connectivity index (χ2v) is 21.4. The van der Waals surface area contributed by atoms with Gasteiger partial charge in [-0.1, -0.05) is 0 Å². The first kappa shape index (κ1) is 21.7. The Hall–Kier alpha value is 3.48. The first-order valence-electron chi connectivity index (χ1n) is 9.09. The monoisotopic (exact) mass is 680 g/mol. The molecule has 4 aliphatic heterocycles. The first-order valence-corrected chi connectivity index (χ1v) is 23.0. The van der Waals surface area contributed by atoms with Gasteiger partial charge >= 0.3 is 199 Å². The van der Waals surface area contributed by atoms with Crippen LogP contribution in [0.1, 0.15) is 0 Å². The van der Waals surface area contributed by atoms with Crippen molar-refractivity contribution < 1.29 is 0 Å². The van der Waals surface area contributed by atoms with Crippen molar-refractivity contribution in [3.05, 3.63) is 0 Å². The van der Waals surface area contributed by atoms with E-state index in [1.807, 2.05) is 0 Å². The van der Waals surface area contributed by atoms with Crippen LogP contribution in [0.5, 0.6) is 0 Å². The minimum absolute atomic E-state index is 0.832. The Morgan fingerprint density at radius 1 is 0.520 bits per heavy atom. The summed E-state index contributed by atoms with van der Waals surface area (Å²) in [6.45, 7) is 0. The molecule has 0 aromatic rings. The summed E-state index contributed by atoms with van der Waals surface area (Å²) in [4.78, 5) is 0. The molecule has 8 heteroatoms. The molecular formula is C17H28S4Se4. The van der Waals surface area contributed by atoms with E-state index in [-0.39, 0.29) is 0 Å². The average molecular weight is 677 g/mol. The van der Waals surface area contributed by atoms with Crippen molar-refractivity contribution in [1.29, 1.82) is 0 Å². The molecule has 144 valence electrons. The SMILES string of the molecule is C1SC1C[Se]CC(C[Se]CC1CS1)(C[Se]CC1CS1)C[Se]CC1CS1. The molecule has 4 atom stereocenters. The molecule has 4 rings (SSSR count). The van der Waals surface area contributed by atoms with Gasteiger partial charge < -0.3 is 0 Å². The fraction of sp³-hybridized carbons (Fsp3) is 1.00. The number of hydrogen-bond donors (Lipinski definition) is 0. The number of rotatable bonds is 16. The van der Waals surface area contributed by atoms with E-state index in [1.165, 1.54) is 23.0 Å². The molecule has 25 heavy (non-hydrogen) atoms. The zero-order valence-electron chi connectivity index (χ0n) is 14.6. The van der Waals surface area contributed by atoms with Gasteiger partial charge in [0.1, 0.15) is 0 Å². The van der Waals surface area contributed by atoms with Gasteiger partial charge in [0.15, 0.2) is 0 Å². The van der Waals surface area contributed by atoms with Crippen LogP contribution in [0.25, 0.3) is 0 Å². The Bertz CT molecular complexity index is 334. The number of thioether (sulfide) groups is 4. The number of hydrogen-bond acceptors (Lipinski definition) is 4. The van der Waals surface area contributed by atoms with Gasteiger partial charge in [-0.2, -0.15) is 0 Å². The Balaban J connectivity index is 1.27. The molecule has 0 aliphatic carbocycles. The maximum atomic E-state index is 2.23. The van der Waals surface area contributed by atoms with E-state index >= 15 is 0 Å². The van der Waals surface area contributed by atoms with E-state index in [0.717, 1.165) is 86.2 Å². The van der Waals surface area contributed by atoms with Crippen molar-refractivity contribution in [3.8, 4) is 0 Å². The Kier molecular flexibility index (Phi) is 9.72. The summed E-state index contributed by atoms with van der Waals surface area (Å²) in [5, 5.41) is 17.4. The Morgan fingerprint density at radius 2 is 0.760 bits per heavy atom. The van der Waals surface area contributed by atoms with Crippen LogP contribution in [-0.2, 0) is 0 Å². The van der Waals surface area contributed by atoms with E-state index in [1.54, 1.807) is 42.6 Å². The fourth-order valence-corrected chi connectivity index (χ4v) is 24.0. The molecule has 4 unspecified atom stereocenters. The van der Waals surface area contributed by atoms with Crippen molar-refractivity contribution >= 4 is 107 Å². The van der Waals surface area contributed by atoms with Crippen LogP contribution < -0.4 is 0 Å². The fourth-order valence-electron chi connectivity index (χ4n) is 2.53. The quantitative estimate of drug-likeness (QED) is 0.173. The molecule has 0 radical (unpaired) electrons. The molecule has 0 amide bonds. The van der Waals surface area contributed by atoms with E-state index in [2.05, 4.69) is 47.0 Å². The summed E-state index contributed by atoms with van der Waals surface area (Å²) in [6, 6.07) is 0. The topological polar surface area (TPSA) is 0 Å². The van der Waals surface area contributed by atoms with Gasteiger partial charge in [0, 0.05) is 0 Å². The van der Waals surface area contributed by atoms with E-state index in [4.69, 9.17) is 0 Å². The van der Waals surface area contributed by atoms with Crippen LogP contribution >= 0.6 is 47.0 Å². The van der Waals surface area contributed by atoms with Crippen LogP contribution in [-0.4, -0.2) is 104 Å². The first-order chi connectivity index (χ1) is 12.3. The normalized spacial score (nSPS) is 34.6. The predicted octanol–water partition coefficient (Wildman–Crippen LogP) is 4.60. The van der Waals surface area contributed by atoms with Gasteiger partial charge in [-0.05, 0) is 0 Å². The zero-order chi connectivity index (χ0) is 17.0. The molecule has 4 heterocycles. The molecule has 0 bridgehead atoms. The van der Waals surface area contributed by atoms with E-state index in [0.29, 0.717) is 0 Å².